The highest BCUT2D eigenvalue weighted by molar-refractivity contribution is 7.92. The number of nitrogens with one attached hydrogen (secondary N) is 1. The molecule has 0 heterocycles. The Hall–Kier alpha value is -2.67. The van der Waals surface area contributed by atoms with Crippen molar-refractivity contribution < 1.29 is 13.2 Å². The summed E-state index contributed by atoms with van der Waals surface area (Å²) in [7, 11) is -3.92. The van der Waals surface area contributed by atoms with Crippen LogP contribution in [0.4, 0.5) is 5.69 Å². The minimum atomic E-state index is -3.92. The molecule has 2 aromatic carbocycles. The monoisotopic (exact) mass is 427 g/mol. The zero-order valence-corrected chi connectivity index (χ0v) is 18.6. The number of aryl methyl sites for hydroxylation is 3. The molecule has 0 bridgehead atoms. The third-order valence-electron chi connectivity index (χ3n) is 5.30. The van der Waals surface area contributed by atoms with E-state index in [0.717, 1.165) is 48.1 Å². The minimum absolute atomic E-state index is 0.153. The molecule has 3 rings (SSSR count). The van der Waals surface area contributed by atoms with Crippen LogP contribution in [0.5, 0.6) is 0 Å². The van der Waals surface area contributed by atoms with Gasteiger partial charge in [-0.2, -0.15) is 5.10 Å². The zero-order chi connectivity index (χ0) is 21.7. The van der Waals surface area contributed by atoms with Crippen molar-refractivity contribution in [3.8, 4) is 0 Å². The summed E-state index contributed by atoms with van der Waals surface area (Å²) < 4.78 is 28.1. The molecule has 0 aromatic heterocycles. The van der Waals surface area contributed by atoms with E-state index in [1.54, 1.807) is 30.3 Å². The van der Waals surface area contributed by atoms with Crippen LogP contribution < -0.4 is 9.73 Å². The van der Waals surface area contributed by atoms with Gasteiger partial charge in [0.05, 0.1) is 10.6 Å². The topological polar surface area (TPSA) is 78.8 Å². The third kappa shape index (κ3) is 5.27. The maximum atomic E-state index is 13.5. The van der Waals surface area contributed by atoms with E-state index >= 15 is 0 Å². The van der Waals surface area contributed by atoms with Crippen molar-refractivity contribution >= 4 is 27.3 Å². The van der Waals surface area contributed by atoms with Crippen LogP contribution in [0.15, 0.2) is 52.5 Å². The quantitative estimate of drug-likeness (QED) is 0.700. The van der Waals surface area contributed by atoms with Crippen molar-refractivity contribution in [1.29, 1.82) is 0 Å². The van der Waals surface area contributed by atoms with Crippen molar-refractivity contribution in [2.45, 2.75) is 57.8 Å². The second kappa shape index (κ2) is 9.43. The van der Waals surface area contributed by atoms with E-state index in [9.17, 15) is 13.2 Å². The van der Waals surface area contributed by atoms with Crippen LogP contribution in [0.1, 0.15) is 48.8 Å². The fourth-order valence-electron chi connectivity index (χ4n) is 3.50. The molecular formula is C23H29N3O3S. The first-order chi connectivity index (χ1) is 14.3. The van der Waals surface area contributed by atoms with E-state index < -0.39 is 15.9 Å². The Morgan fingerprint density at radius 3 is 2.27 bits per heavy atom. The number of sulfonamides is 1. The molecule has 30 heavy (non-hydrogen) atoms. The van der Waals surface area contributed by atoms with Crippen LogP contribution in [0.2, 0.25) is 0 Å². The van der Waals surface area contributed by atoms with Gasteiger partial charge >= 0.3 is 0 Å². The van der Waals surface area contributed by atoms with Gasteiger partial charge in [0, 0.05) is 5.71 Å². The van der Waals surface area contributed by atoms with Gasteiger partial charge in [0.1, 0.15) is 6.54 Å². The van der Waals surface area contributed by atoms with E-state index in [2.05, 4.69) is 10.5 Å². The molecular weight excluding hydrogens is 398 g/mol. The van der Waals surface area contributed by atoms with E-state index in [0.29, 0.717) is 5.69 Å². The van der Waals surface area contributed by atoms with Gasteiger partial charge in [-0.1, -0.05) is 36.2 Å². The molecule has 0 aliphatic heterocycles. The van der Waals surface area contributed by atoms with Crippen LogP contribution in [0, 0.1) is 20.8 Å². The molecule has 6 nitrogen and oxygen atoms in total. The van der Waals surface area contributed by atoms with Crippen LogP contribution in [-0.4, -0.2) is 26.6 Å². The van der Waals surface area contributed by atoms with Gasteiger partial charge in [-0.05, 0) is 75.8 Å². The number of carbonyl (C=O) groups is 1. The highest BCUT2D eigenvalue weighted by Gasteiger charge is 2.28. The fraction of sp³-hybridized carbons (Fsp3) is 0.391. The first-order valence-corrected chi connectivity index (χ1v) is 11.7. The van der Waals surface area contributed by atoms with Crippen LogP contribution >= 0.6 is 0 Å². The molecule has 1 saturated carbocycles. The number of benzene rings is 2. The lowest BCUT2D eigenvalue weighted by Gasteiger charge is -2.26. The van der Waals surface area contributed by atoms with Crippen LogP contribution in [-0.2, 0) is 14.8 Å². The fourth-order valence-corrected chi connectivity index (χ4v) is 4.98. The molecule has 1 aliphatic carbocycles. The number of hydrogen-bond acceptors (Lipinski definition) is 4. The Balaban J connectivity index is 1.92. The molecule has 7 heteroatoms. The highest BCUT2D eigenvalue weighted by Crippen LogP contribution is 2.28. The summed E-state index contributed by atoms with van der Waals surface area (Å²) in [6.07, 6.45) is 5.09. The maximum absolute atomic E-state index is 13.5. The Morgan fingerprint density at radius 2 is 1.60 bits per heavy atom. The molecule has 2 aromatic rings. The zero-order valence-electron chi connectivity index (χ0n) is 17.8. The van der Waals surface area contributed by atoms with Crippen molar-refractivity contribution in [3.63, 3.8) is 0 Å². The average molecular weight is 428 g/mol. The SMILES string of the molecule is Cc1ccc(S(=O)(=O)N(CC(=O)NN=C2CCCCC2)c2cc(C)ccc2C)cc1. The van der Waals surface area contributed by atoms with E-state index in [4.69, 9.17) is 0 Å². The number of hydrazone groups is 1. The largest absolute Gasteiger partial charge is 0.271 e. The van der Waals surface area contributed by atoms with Crippen LogP contribution in [0.25, 0.3) is 0 Å². The average Bonchev–Trinajstić information content (AvgIpc) is 2.73. The molecule has 0 saturated heterocycles. The second-order valence-electron chi connectivity index (χ2n) is 7.89. The molecule has 0 spiro atoms. The van der Waals surface area contributed by atoms with Gasteiger partial charge in [0.2, 0.25) is 0 Å². The lowest BCUT2D eigenvalue weighted by atomic mass is 9.99. The summed E-state index contributed by atoms with van der Waals surface area (Å²) in [5.74, 6) is -0.454. The maximum Gasteiger partial charge on any atom is 0.264 e. The summed E-state index contributed by atoms with van der Waals surface area (Å²) >= 11 is 0. The summed E-state index contributed by atoms with van der Waals surface area (Å²) in [4.78, 5) is 12.8. The lowest BCUT2D eigenvalue weighted by Crippen LogP contribution is -2.40. The smallest absolute Gasteiger partial charge is 0.264 e. The Bertz CT molecular complexity index is 1040. The third-order valence-corrected chi connectivity index (χ3v) is 7.07. The minimum Gasteiger partial charge on any atom is -0.271 e. The highest BCUT2D eigenvalue weighted by atomic mass is 32.2. The van der Waals surface area contributed by atoms with Gasteiger partial charge in [-0.3, -0.25) is 9.10 Å². The summed E-state index contributed by atoms with van der Waals surface area (Å²) in [5.41, 5.74) is 6.69. The van der Waals surface area contributed by atoms with E-state index in [1.807, 2.05) is 32.9 Å². The van der Waals surface area contributed by atoms with Crippen molar-refractivity contribution in [1.82, 2.24) is 5.43 Å². The molecule has 0 radical (unpaired) electrons. The number of amides is 1. The first kappa shape index (κ1) is 22.0. The molecule has 1 aliphatic rings. The van der Waals surface area contributed by atoms with Gasteiger partial charge in [-0.15, -0.1) is 0 Å². The van der Waals surface area contributed by atoms with Crippen LogP contribution in [0.3, 0.4) is 0 Å². The van der Waals surface area contributed by atoms with Gasteiger partial charge in [0.15, 0.2) is 0 Å². The number of carbonyl (C=O) groups excluding carboxylic acids is 1. The summed E-state index contributed by atoms with van der Waals surface area (Å²) in [6.45, 7) is 5.30. The standard InChI is InChI=1S/C23H29N3O3S/c1-17-10-13-21(14-11-17)30(28,29)26(22-15-18(2)9-12-19(22)3)16-23(27)25-24-20-7-5-4-6-8-20/h9-15H,4-8,16H2,1-3H3,(H,25,27). The molecule has 1 N–H and O–H groups in total. The molecule has 160 valence electrons. The number of nitrogens with zero attached hydrogens (tertiary/aromatic N) is 2. The molecule has 1 fully saturated rings. The van der Waals surface area contributed by atoms with Gasteiger partial charge in [-0.25, -0.2) is 13.8 Å². The second-order valence-corrected chi connectivity index (χ2v) is 9.75. The predicted octanol–water partition coefficient (Wildman–Crippen LogP) is 4.24. The Kier molecular flexibility index (Phi) is 6.92. The summed E-state index contributed by atoms with van der Waals surface area (Å²) in [5, 5.41) is 4.23. The normalized spacial score (nSPS) is 14.3. The van der Waals surface area contributed by atoms with E-state index in [1.165, 1.54) is 10.7 Å². The Labute approximate surface area is 179 Å². The molecule has 1 amide bonds. The van der Waals surface area contributed by atoms with Crippen molar-refractivity contribution in [2.24, 2.45) is 5.10 Å². The van der Waals surface area contributed by atoms with Crippen molar-refractivity contribution in [2.75, 3.05) is 10.8 Å². The molecule has 0 atom stereocenters. The lowest BCUT2D eigenvalue weighted by molar-refractivity contribution is -0.119. The number of rotatable bonds is 6. The number of anilines is 1. The Morgan fingerprint density at radius 1 is 0.967 bits per heavy atom. The summed E-state index contributed by atoms with van der Waals surface area (Å²) in [6, 6.07) is 12.2. The van der Waals surface area contributed by atoms with Gasteiger partial charge < -0.3 is 0 Å². The van der Waals surface area contributed by atoms with Gasteiger partial charge in [0.25, 0.3) is 15.9 Å². The molecule has 0 unspecified atom stereocenters. The van der Waals surface area contributed by atoms with Crippen molar-refractivity contribution in [3.05, 3.63) is 59.2 Å². The van der Waals surface area contributed by atoms with E-state index in [-0.39, 0.29) is 11.4 Å². The predicted molar refractivity (Wildman–Crippen MR) is 120 cm³/mol. The number of hydrogen-bond donors (Lipinski definition) is 1. The first-order valence-electron chi connectivity index (χ1n) is 10.3.